The molecule has 0 saturated heterocycles. The minimum Gasteiger partial charge on any atom is -0.117 e. The van der Waals surface area contributed by atoms with E-state index in [9.17, 15) is 0 Å². The third-order valence-corrected chi connectivity index (χ3v) is 0.327. The maximum absolute atomic E-state index is 6.20. The van der Waals surface area contributed by atoms with Crippen LogP contribution in [0.3, 0.4) is 0 Å². The second kappa shape index (κ2) is 2.38. The molecule has 0 aliphatic rings. The number of hydrogen-bond acceptors (Lipinski definition) is 0. The van der Waals surface area contributed by atoms with Crippen molar-refractivity contribution in [2.45, 2.75) is 4.84 Å². The Morgan fingerprint density at radius 1 is 2.00 bits per heavy atom. The second-order valence-electron chi connectivity index (χ2n) is 0.445. The average molecular weight is 110 g/mol. The third-order valence-electron chi connectivity index (χ3n) is 0.109. The molecule has 0 aromatic heterocycles. The van der Waals surface area contributed by atoms with Gasteiger partial charge in [-0.15, -0.1) is 6.40 Å². The summed E-state index contributed by atoms with van der Waals surface area (Å²) in [7, 11) is 0. The van der Waals surface area contributed by atoms with Crippen molar-refractivity contribution in [3.63, 3.8) is 0 Å². The van der Waals surface area contributed by atoms with Gasteiger partial charge in [0.15, 0.2) is 4.84 Å². The molecule has 5 heavy (non-hydrogen) atoms. The molecule has 0 aliphatic heterocycles. The van der Waals surface area contributed by atoms with Crippen LogP contribution in [0.5, 0.6) is 0 Å². The molecule has 28 valence electrons. The van der Waals surface area contributed by atoms with Crippen LogP contribution in [0.15, 0.2) is 0 Å². The second-order valence-corrected chi connectivity index (χ2v) is 1.54. The molecular formula is C3H2Cl2. The summed E-state index contributed by atoms with van der Waals surface area (Å²) in [5.74, 6) is 2.16. The SMILES string of the molecule is [2H]C#CC(Cl)Cl. The van der Waals surface area contributed by atoms with Crippen LogP contribution in [0.2, 0.25) is 0 Å². The van der Waals surface area contributed by atoms with Crippen LogP contribution in [0.25, 0.3) is 0 Å². The third kappa shape index (κ3) is 4.14. The van der Waals surface area contributed by atoms with E-state index in [1.54, 1.807) is 6.40 Å². The van der Waals surface area contributed by atoms with Crippen molar-refractivity contribution >= 4 is 23.2 Å². The monoisotopic (exact) mass is 109 g/mol. The van der Waals surface area contributed by atoms with Crippen LogP contribution >= 0.6 is 23.2 Å². The standard InChI is InChI=1S/C3H2Cl2/c1-2-3(4)5/h1,3H/i1D. The predicted molar refractivity (Wildman–Crippen MR) is 24.3 cm³/mol. The van der Waals surface area contributed by atoms with Crippen molar-refractivity contribution in [2.75, 3.05) is 0 Å². The van der Waals surface area contributed by atoms with Gasteiger partial charge in [-0.25, -0.2) is 0 Å². The molecule has 0 unspecified atom stereocenters. The Hall–Kier alpha value is 0.140. The van der Waals surface area contributed by atoms with Crippen molar-refractivity contribution in [3.8, 4) is 12.3 Å². The van der Waals surface area contributed by atoms with Crippen LogP contribution in [0, 0.1) is 12.3 Å². The minimum atomic E-state index is -0.706. The van der Waals surface area contributed by atoms with Gasteiger partial charge >= 0.3 is 0 Å². The summed E-state index contributed by atoms with van der Waals surface area (Å²) < 4.78 is 6.20. The quantitative estimate of drug-likeness (QED) is 0.326. The van der Waals surface area contributed by atoms with Gasteiger partial charge in [0, 0.05) is 0 Å². The van der Waals surface area contributed by atoms with Crippen molar-refractivity contribution < 1.29 is 1.37 Å². The fourth-order valence-corrected chi connectivity index (χ4v) is 0. The van der Waals surface area contributed by atoms with Crippen LogP contribution in [0.1, 0.15) is 1.37 Å². The van der Waals surface area contributed by atoms with Gasteiger partial charge in [-0.3, -0.25) is 0 Å². The van der Waals surface area contributed by atoms with Gasteiger partial charge in [0.2, 0.25) is 0 Å². The molecule has 0 atom stereocenters. The lowest BCUT2D eigenvalue weighted by Crippen LogP contribution is -1.70. The first-order chi connectivity index (χ1) is 2.77. The van der Waals surface area contributed by atoms with E-state index in [2.05, 4.69) is 5.92 Å². The lowest BCUT2D eigenvalue weighted by Gasteiger charge is -1.73. The van der Waals surface area contributed by atoms with Gasteiger partial charge in [-0.05, 0) is 0 Å². The molecule has 0 heterocycles. The molecule has 0 aliphatic carbocycles. The number of halogens is 2. The van der Waals surface area contributed by atoms with Gasteiger partial charge in [-0.2, -0.15) is 0 Å². The zero-order valence-corrected chi connectivity index (χ0v) is 3.85. The Morgan fingerprint density at radius 3 is 2.60 bits per heavy atom. The Balaban J connectivity index is 3.20. The molecule has 0 rings (SSSR count). The van der Waals surface area contributed by atoms with Crippen molar-refractivity contribution in [3.05, 3.63) is 0 Å². The zero-order chi connectivity index (χ0) is 4.99. The molecule has 0 aromatic carbocycles. The number of rotatable bonds is 0. The summed E-state index contributed by atoms with van der Waals surface area (Å²) in [5, 5.41) is 0. The Labute approximate surface area is 42.5 Å². The first kappa shape index (κ1) is 3.33. The maximum Gasteiger partial charge on any atom is 0.167 e. The minimum absolute atomic E-state index is 0.706. The van der Waals surface area contributed by atoms with E-state index < -0.39 is 4.84 Å². The van der Waals surface area contributed by atoms with Crippen LogP contribution in [-0.2, 0) is 0 Å². The van der Waals surface area contributed by atoms with E-state index in [-0.39, 0.29) is 0 Å². The first-order valence-electron chi connectivity index (χ1n) is 1.48. The maximum atomic E-state index is 6.20. The topological polar surface area (TPSA) is 0 Å². The Kier molecular flexibility index (Phi) is 1.59. The van der Waals surface area contributed by atoms with E-state index in [1.165, 1.54) is 0 Å². The van der Waals surface area contributed by atoms with Gasteiger partial charge in [0.05, 0.1) is 0 Å². The number of alkyl halides is 2. The molecule has 0 bridgehead atoms. The highest BCUT2D eigenvalue weighted by atomic mass is 35.5. The predicted octanol–water partition coefficient (Wildman–Crippen LogP) is 1.42. The van der Waals surface area contributed by atoms with Crippen molar-refractivity contribution in [1.29, 1.82) is 0 Å². The summed E-state index contributed by atoms with van der Waals surface area (Å²) >= 11 is 10.1. The molecule has 0 amide bonds. The van der Waals surface area contributed by atoms with Gasteiger partial charge in [0.1, 0.15) is 1.37 Å². The lowest BCUT2D eigenvalue weighted by molar-refractivity contribution is 1.74. The van der Waals surface area contributed by atoms with E-state index in [1.807, 2.05) is 0 Å². The summed E-state index contributed by atoms with van der Waals surface area (Å²) in [5.41, 5.74) is 0. The molecule has 0 aromatic rings. The summed E-state index contributed by atoms with van der Waals surface area (Å²) in [6, 6.07) is 0. The highest BCUT2D eigenvalue weighted by Crippen LogP contribution is 1.95. The molecule has 0 fully saturated rings. The smallest absolute Gasteiger partial charge is 0.117 e. The van der Waals surface area contributed by atoms with Gasteiger partial charge in [-0.1, -0.05) is 29.1 Å². The summed E-state index contributed by atoms with van der Waals surface area (Å²) in [4.78, 5) is -0.706. The lowest BCUT2D eigenvalue weighted by atomic mass is 10.8. The molecule has 2 heteroatoms. The molecule has 0 N–H and O–H groups in total. The molecule has 0 spiro atoms. The van der Waals surface area contributed by atoms with E-state index in [0.717, 1.165) is 0 Å². The largest absolute Gasteiger partial charge is 0.167 e. The van der Waals surface area contributed by atoms with Crippen molar-refractivity contribution in [1.82, 2.24) is 0 Å². The molecular weight excluding hydrogens is 107 g/mol. The normalized spacial score (nSPS) is 9.00. The Bertz CT molecular complexity index is 78.5. The highest BCUT2D eigenvalue weighted by molar-refractivity contribution is 6.46. The summed E-state index contributed by atoms with van der Waals surface area (Å²) in [6.45, 7) is 0. The average Bonchev–Trinajstić information content (AvgIpc) is 1.35. The highest BCUT2D eigenvalue weighted by Gasteiger charge is 1.81. The zero-order valence-electron chi connectivity index (χ0n) is 3.33. The van der Waals surface area contributed by atoms with Crippen LogP contribution in [-0.4, -0.2) is 4.84 Å². The first-order valence-corrected chi connectivity index (χ1v) is 1.85. The fourth-order valence-electron chi connectivity index (χ4n) is 0. The molecule has 0 saturated carbocycles. The fraction of sp³-hybridized carbons (Fsp3) is 0.333. The number of terminal acetylenes is 1. The van der Waals surface area contributed by atoms with Crippen molar-refractivity contribution in [2.24, 2.45) is 0 Å². The van der Waals surface area contributed by atoms with Crippen LogP contribution < -0.4 is 0 Å². The van der Waals surface area contributed by atoms with Crippen LogP contribution in [0.4, 0.5) is 0 Å². The van der Waals surface area contributed by atoms with Gasteiger partial charge < -0.3 is 0 Å². The van der Waals surface area contributed by atoms with E-state index in [4.69, 9.17) is 24.6 Å². The van der Waals surface area contributed by atoms with Gasteiger partial charge in [0.25, 0.3) is 0 Å². The Morgan fingerprint density at radius 2 is 2.60 bits per heavy atom. The molecule has 0 nitrogen and oxygen atoms in total. The molecule has 0 radical (unpaired) electrons. The summed E-state index contributed by atoms with van der Waals surface area (Å²) in [6.07, 6.45) is 1.80. The number of hydrogen-bond donors (Lipinski definition) is 0. The van der Waals surface area contributed by atoms with E-state index >= 15 is 0 Å². The van der Waals surface area contributed by atoms with E-state index in [0.29, 0.717) is 0 Å².